The molecule has 1 atom stereocenters. The van der Waals surface area contributed by atoms with Crippen LogP contribution in [-0.4, -0.2) is 30.9 Å². The van der Waals surface area contributed by atoms with Gasteiger partial charge in [-0.2, -0.15) is 0 Å². The maximum atomic E-state index is 11.3. The molecular formula is C11H16N2O3S. The molecule has 1 heterocycles. The Bertz CT molecular complexity index is 469. The van der Waals surface area contributed by atoms with Crippen LogP contribution in [-0.2, 0) is 10.0 Å². The van der Waals surface area contributed by atoms with E-state index in [1.54, 1.807) is 18.3 Å². The second-order valence-electron chi connectivity index (χ2n) is 4.51. The normalized spacial score (nSPS) is 26.2. The third-order valence-electron chi connectivity index (χ3n) is 2.97. The number of aliphatic hydroxyl groups is 1. The Morgan fingerprint density at radius 3 is 2.65 bits per heavy atom. The molecule has 1 saturated carbocycles. The summed E-state index contributed by atoms with van der Waals surface area (Å²) in [4.78, 5) is 4.18. The molecule has 1 aliphatic rings. The predicted octanol–water partition coefficient (Wildman–Crippen LogP) is 0.443. The number of hydrogen-bond donors (Lipinski definition) is 2. The SMILES string of the molecule is CS(=O)(=O)N[C@@H](c1ccccn1)C1CC(O)C1. The number of hydrogen-bond acceptors (Lipinski definition) is 4. The van der Waals surface area contributed by atoms with Gasteiger partial charge in [-0.25, -0.2) is 13.1 Å². The summed E-state index contributed by atoms with van der Waals surface area (Å²) >= 11 is 0. The average molecular weight is 256 g/mol. The summed E-state index contributed by atoms with van der Waals surface area (Å²) in [5.41, 5.74) is 0.704. The van der Waals surface area contributed by atoms with Crippen molar-refractivity contribution in [3.8, 4) is 0 Å². The first-order chi connectivity index (χ1) is 7.96. The van der Waals surface area contributed by atoms with E-state index in [-0.39, 0.29) is 18.1 Å². The van der Waals surface area contributed by atoms with Crippen molar-refractivity contribution in [2.45, 2.75) is 25.0 Å². The standard InChI is InChI=1S/C11H16N2O3S/c1-17(15,16)13-11(8-6-9(14)7-8)10-4-2-3-5-12-10/h2-5,8-9,11,13-14H,6-7H2,1H3/t8?,9?,11-/m1/s1. The minimum Gasteiger partial charge on any atom is -0.393 e. The molecule has 0 amide bonds. The molecule has 1 fully saturated rings. The number of aromatic nitrogens is 1. The van der Waals surface area contributed by atoms with E-state index in [1.165, 1.54) is 0 Å². The molecule has 6 heteroatoms. The van der Waals surface area contributed by atoms with Crippen LogP contribution in [0.25, 0.3) is 0 Å². The Hall–Kier alpha value is -0.980. The van der Waals surface area contributed by atoms with E-state index >= 15 is 0 Å². The minimum atomic E-state index is -3.28. The van der Waals surface area contributed by atoms with Crippen molar-refractivity contribution < 1.29 is 13.5 Å². The van der Waals surface area contributed by atoms with Gasteiger partial charge in [0.15, 0.2) is 0 Å². The Labute approximate surface area is 101 Å². The van der Waals surface area contributed by atoms with Gasteiger partial charge in [-0.05, 0) is 30.9 Å². The van der Waals surface area contributed by atoms with Crippen LogP contribution in [0.2, 0.25) is 0 Å². The van der Waals surface area contributed by atoms with Gasteiger partial charge in [0.1, 0.15) is 0 Å². The fourth-order valence-electron chi connectivity index (χ4n) is 2.09. The summed E-state index contributed by atoms with van der Waals surface area (Å²) in [6.45, 7) is 0. The molecule has 0 aliphatic heterocycles. The zero-order valence-corrected chi connectivity index (χ0v) is 10.4. The lowest BCUT2D eigenvalue weighted by Gasteiger charge is -2.37. The highest BCUT2D eigenvalue weighted by molar-refractivity contribution is 7.88. The number of sulfonamides is 1. The van der Waals surface area contributed by atoms with Gasteiger partial charge in [-0.3, -0.25) is 4.98 Å². The molecule has 0 bridgehead atoms. The topological polar surface area (TPSA) is 79.3 Å². The molecule has 0 spiro atoms. The van der Waals surface area contributed by atoms with Gasteiger partial charge < -0.3 is 5.11 Å². The van der Waals surface area contributed by atoms with Gasteiger partial charge in [0.25, 0.3) is 0 Å². The molecule has 1 aliphatic carbocycles. The minimum absolute atomic E-state index is 0.120. The lowest BCUT2D eigenvalue weighted by molar-refractivity contribution is 0.0274. The van der Waals surface area contributed by atoms with Gasteiger partial charge in [0.05, 0.1) is 24.1 Å². The first-order valence-corrected chi connectivity index (χ1v) is 7.41. The number of aliphatic hydroxyl groups excluding tert-OH is 1. The van der Waals surface area contributed by atoms with Gasteiger partial charge in [-0.15, -0.1) is 0 Å². The maximum Gasteiger partial charge on any atom is 0.209 e. The molecule has 0 aromatic carbocycles. The predicted molar refractivity (Wildman–Crippen MR) is 63.7 cm³/mol. The fraction of sp³-hybridized carbons (Fsp3) is 0.545. The van der Waals surface area contributed by atoms with E-state index in [1.807, 2.05) is 6.07 Å². The van der Waals surface area contributed by atoms with E-state index in [4.69, 9.17) is 0 Å². The molecule has 2 rings (SSSR count). The molecule has 2 N–H and O–H groups in total. The zero-order valence-electron chi connectivity index (χ0n) is 9.57. The quantitative estimate of drug-likeness (QED) is 0.819. The number of nitrogens with one attached hydrogen (secondary N) is 1. The van der Waals surface area contributed by atoms with Crippen molar-refractivity contribution in [2.24, 2.45) is 5.92 Å². The van der Waals surface area contributed by atoms with Gasteiger partial charge >= 0.3 is 0 Å². The van der Waals surface area contributed by atoms with Crippen molar-refractivity contribution in [3.05, 3.63) is 30.1 Å². The molecule has 5 nitrogen and oxygen atoms in total. The first kappa shape index (κ1) is 12.5. The Morgan fingerprint density at radius 2 is 2.18 bits per heavy atom. The van der Waals surface area contributed by atoms with Crippen molar-refractivity contribution in [3.63, 3.8) is 0 Å². The summed E-state index contributed by atoms with van der Waals surface area (Å²) < 4.78 is 25.3. The van der Waals surface area contributed by atoms with E-state index in [9.17, 15) is 13.5 Å². The molecule has 1 aromatic rings. The van der Waals surface area contributed by atoms with Crippen LogP contribution in [0.5, 0.6) is 0 Å². The highest BCUT2D eigenvalue weighted by Crippen LogP contribution is 2.37. The Kier molecular flexibility index (Phi) is 3.46. The van der Waals surface area contributed by atoms with Crippen LogP contribution >= 0.6 is 0 Å². The Morgan fingerprint density at radius 1 is 1.47 bits per heavy atom. The second kappa shape index (κ2) is 4.72. The van der Waals surface area contributed by atoms with Crippen LogP contribution in [0.4, 0.5) is 0 Å². The molecule has 0 saturated heterocycles. The average Bonchev–Trinajstić information content (AvgIpc) is 2.22. The number of rotatable bonds is 4. The van der Waals surface area contributed by atoms with Crippen LogP contribution in [0.3, 0.4) is 0 Å². The van der Waals surface area contributed by atoms with Crippen molar-refractivity contribution in [1.29, 1.82) is 0 Å². The third kappa shape index (κ3) is 3.24. The molecule has 0 radical (unpaired) electrons. The van der Waals surface area contributed by atoms with E-state index < -0.39 is 10.0 Å². The smallest absolute Gasteiger partial charge is 0.209 e. The monoisotopic (exact) mass is 256 g/mol. The van der Waals surface area contributed by atoms with E-state index in [0.29, 0.717) is 18.5 Å². The van der Waals surface area contributed by atoms with E-state index in [0.717, 1.165) is 6.26 Å². The summed E-state index contributed by atoms with van der Waals surface area (Å²) in [5, 5.41) is 9.31. The van der Waals surface area contributed by atoms with Gasteiger partial charge in [0.2, 0.25) is 10.0 Å². The zero-order chi connectivity index (χ0) is 12.5. The van der Waals surface area contributed by atoms with E-state index in [2.05, 4.69) is 9.71 Å². The number of pyridine rings is 1. The summed E-state index contributed by atoms with van der Waals surface area (Å²) in [7, 11) is -3.28. The molecule has 17 heavy (non-hydrogen) atoms. The van der Waals surface area contributed by atoms with Crippen LogP contribution in [0.1, 0.15) is 24.6 Å². The van der Waals surface area contributed by atoms with Crippen LogP contribution in [0.15, 0.2) is 24.4 Å². The fourth-order valence-corrected chi connectivity index (χ4v) is 2.87. The van der Waals surface area contributed by atoms with Crippen LogP contribution < -0.4 is 4.72 Å². The lowest BCUT2D eigenvalue weighted by atomic mass is 9.76. The highest BCUT2D eigenvalue weighted by Gasteiger charge is 2.36. The summed E-state index contributed by atoms with van der Waals surface area (Å²) in [6.07, 6.45) is 3.69. The van der Waals surface area contributed by atoms with Crippen LogP contribution in [0, 0.1) is 5.92 Å². The van der Waals surface area contributed by atoms with Crippen molar-refractivity contribution in [2.75, 3.05) is 6.26 Å². The Balaban J connectivity index is 2.19. The second-order valence-corrected chi connectivity index (χ2v) is 6.29. The van der Waals surface area contributed by atoms with Crippen molar-refractivity contribution >= 4 is 10.0 Å². The lowest BCUT2D eigenvalue weighted by Crippen LogP contribution is -2.41. The van der Waals surface area contributed by atoms with Gasteiger partial charge in [-0.1, -0.05) is 6.07 Å². The number of nitrogens with zero attached hydrogens (tertiary/aromatic N) is 1. The summed E-state index contributed by atoms with van der Waals surface area (Å²) in [5.74, 6) is 0.120. The van der Waals surface area contributed by atoms with Gasteiger partial charge in [0, 0.05) is 6.20 Å². The first-order valence-electron chi connectivity index (χ1n) is 5.52. The van der Waals surface area contributed by atoms with Crippen molar-refractivity contribution in [1.82, 2.24) is 9.71 Å². The summed E-state index contributed by atoms with van der Waals surface area (Å²) in [6, 6.07) is 5.08. The third-order valence-corrected chi connectivity index (χ3v) is 3.65. The molecule has 94 valence electrons. The largest absolute Gasteiger partial charge is 0.393 e. The molecule has 1 aromatic heterocycles. The highest BCUT2D eigenvalue weighted by atomic mass is 32.2. The molecular weight excluding hydrogens is 240 g/mol. The molecule has 0 unspecified atom stereocenters. The maximum absolute atomic E-state index is 11.3.